The molecule has 0 radical (unpaired) electrons. The minimum atomic E-state index is -3.50. The van der Waals surface area contributed by atoms with Gasteiger partial charge in [-0.3, -0.25) is 9.10 Å². The van der Waals surface area contributed by atoms with E-state index < -0.39 is 16.1 Å². The summed E-state index contributed by atoms with van der Waals surface area (Å²) in [6.45, 7) is 5.97. The van der Waals surface area contributed by atoms with Gasteiger partial charge in [0.1, 0.15) is 5.82 Å². The van der Waals surface area contributed by atoms with Crippen LogP contribution in [0.5, 0.6) is 0 Å². The zero-order valence-corrected chi connectivity index (χ0v) is 18.8. The van der Waals surface area contributed by atoms with Crippen LogP contribution in [0.15, 0.2) is 41.3 Å². The van der Waals surface area contributed by atoms with E-state index in [1.54, 1.807) is 37.3 Å². The second kappa shape index (κ2) is 8.61. The quantitative estimate of drug-likeness (QED) is 0.570. The number of nitrogens with one attached hydrogen (secondary N) is 2. The fourth-order valence-electron chi connectivity index (χ4n) is 3.08. The van der Waals surface area contributed by atoms with E-state index in [0.717, 1.165) is 11.6 Å². The molecule has 3 rings (SSSR count). The van der Waals surface area contributed by atoms with Gasteiger partial charge in [0, 0.05) is 40.3 Å². The molecule has 0 amide bonds. The summed E-state index contributed by atoms with van der Waals surface area (Å²) < 4.78 is 25.7. The molecule has 3 aromatic rings. The second-order valence-corrected chi connectivity index (χ2v) is 9.92. The van der Waals surface area contributed by atoms with E-state index in [-0.39, 0.29) is 23.2 Å². The van der Waals surface area contributed by atoms with E-state index in [0.29, 0.717) is 22.6 Å². The molecule has 0 aliphatic rings. The summed E-state index contributed by atoms with van der Waals surface area (Å²) in [6.07, 6.45) is 2.63. The fourth-order valence-corrected chi connectivity index (χ4v) is 4.27. The van der Waals surface area contributed by atoms with E-state index in [9.17, 15) is 13.2 Å². The number of halogens is 1. The van der Waals surface area contributed by atoms with Crippen LogP contribution in [0.3, 0.4) is 0 Å². The lowest BCUT2D eigenvalue weighted by atomic mass is 10.1. The number of pyridine rings is 1. The molecule has 0 bridgehead atoms. The van der Waals surface area contributed by atoms with Gasteiger partial charge in [-0.05, 0) is 37.1 Å². The van der Waals surface area contributed by atoms with Crippen molar-refractivity contribution in [3.05, 3.63) is 57.5 Å². The number of nitrogens with zero attached hydrogens (tertiary/aromatic N) is 3. The van der Waals surface area contributed by atoms with Gasteiger partial charge < -0.3 is 10.3 Å². The Bertz CT molecular complexity index is 1230. The number of hydrogen-bond donors (Lipinski definition) is 2. The van der Waals surface area contributed by atoms with Gasteiger partial charge in [-0.25, -0.2) is 13.4 Å². The molecule has 0 fully saturated rings. The van der Waals surface area contributed by atoms with Crippen LogP contribution in [0.25, 0.3) is 10.9 Å². The maximum atomic E-state index is 12.5. The molecule has 160 valence electrons. The van der Waals surface area contributed by atoms with Crippen LogP contribution in [0.2, 0.25) is 5.02 Å². The lowest BCUT2D eigenvalue weighted by Crippen LogP contribution is -2.34. The monoisotopic (exact) mass is 449 g/mol. The maximum Gasteiger partial charge on any atom is 0.253 e. The Hall–Kier alpha value is -2.65. The first-order valence-electron chi connectivity index (χ1n) is 9.44. The Morgan fingerprint density at radius 1 is 1.20 bits per heavy atom. The number of H-pyrrole nitrogens is 1. The number of anilines is 2. The molecule has 0 spiro atoms. The molecule has 2 heterocycles. The number of hydrogen-bond acceptors (Lipinski definition) is 6. The predicted octanol–water partition coefficient (Wildman–Crippen LogP) is 3.57. The SMILES string of the molecule is CC(C)CN(c1ccnc(N[C@@H](C)c2cc3cc(Cl)ccc3[nH]c2=O)n1)S(C)(=O)=O. The number of aromatic amines is 1. The minimum absolute atomic E-state index is 0.119. The maximum absolute atomic E-state index is 12.5. The van der Waals surface area contributed by atoms with E-state index in [1.165, 1.54) is 10.5 Å². The number of rotatable bonds is 7. The molecule has 8 nitrogen and oxygen atoms in total. The molecule has 2 N–H and O–H groups in total. The van der Waals surface area contributed by atoms with Crippen LogP contribution >= 0.6 is 11.6 Å². The highest BCUT2D eigenvalue weighted by molar-refractivity contribution is 7.92. The average molecular weight is 450 g/mol. The van der Waals surface area contributed by atoms with Crippen molar-refractivity contribution in [1.82, 2.24) is 15.0 Å². The molecular weight excluding hydrogens is 426 g/mol. The highest BCUT2D eigenvalue weighted by atomic mass is 35.5. The lowest BCUT2D eigenvalue weighted by Gasteiger charge is -2.23. The van der Waals surface area contributed by atoms with Crippen LogP contribution in [0.4, 0.5) is 11.8 Å². The number of benzene rings is 1. The largest absolute Gasteiger partial charge is 0.347 e. The van der Waals surface area contributed by atoms with Crippen LogP contribution in [0.1, 0.15) is 32.4 Å². The molecule has 0 aliphatic heterocycles. The number of aromatic nitrogens is 3. The second-order valence-electron chi connectivity index (χ2n) is 7.58. The van der Waals surface area contributed by atoms with Crippen molar-refractivity contribution in [2.75, 3.05) is 22.4 Å². The topological polar surface area (TPSA) is 108 Å². The third-order valence-corrected chi connectivity index (χ3v) is 5.85. The molecule has 2 aromatic heterocycles. The van der Waals surface area contributed by atoms with Gasteiger partial charge in [0.05, 0.1) is 12.3 Å². The molecule has 0 aliphatic carbocycles. The van der Waals surface area contributed by atoms with Gasteiger partial charge in [-0.15, -0.1) is 0 Å². The Morgan fingerprint density at radius 3 is 2.60 bits per heavy atom. The zero-order chi connectivity index (χ0) is 22.1. The summed E-state index contributed by atoms with van der Waals surface area (Å²) >= 11 is 6.06. The summed E-state index contributed by atoms with van der Waals surface area (Å²) in [7, 11) is -3.50. The van der Waals surface area contributed by atoms with Crippen molar-refractivity contribution in [3.8, 4) is 0 Å². The minimum Gasteiger partial charge on any atom is -0.347 e. The van der Waals surface area contributed by atoms with Gasteiger partial charge in [-0.2, -0.15) is 4.98 Å². The highest BCUT2D eigenvalue weighted by Gasteiger charge is 2.21. The first kappa shape index (κ1) is 22.0. The van der Waals surface area contributed by atoms with Gasteiger partial charge in [0.15, 0.2) is 0 Å². The van der Waals surface area contributed by atoms with Gasteiger partial charge in [0.2, 0.25) is 16.0 Å². The van der Waals surface area contributed by atoms with E-state index in [2.05, 4.69) is 20.3 Å². The third-order valence-electron chi connectivity index (χ3n) is 4.47. The van der Waals surface area contributed by atoms with E-state index in [1.807, 2.05) is 13.8 Å². The van der Waals surface area contributed by atoms with Crippen molar-refractivity contribution >= 4 is 44.3 Å². The first-order chi connectivity index (χ1) is 14.0. The Balaban J connectivity index is 1.91. The Kier molecular flexibility index (Phi) is 6.33. The molecule has 30 heavy (non-hydrogen) atoms. The molecule has 0 saturated carbocycles. The molecule has 1 aromatic carbocycles. The van der Waals surface area contributed by atoms with Gasteiger partial charge in [-0.1, -0.05) is 25.4 Å². The summed E-state index contributed by atoms with van der Waals surface area (Å²) in [5, 5.41) is 4.46. The van der Waals surface area contributed by atoms with Gasteiger partial charge in [0.25, 0.3) is 5.56 Å². The summed E-state index contributed by atoms with van der Waals surface area (Å²) in [5.74, 6) is 0.617. The summed E-state index contributed by atoms with van der Waals surface area (Å²) in [6, 6.07) is 8.13. The van der Waals surface area contributed by atoms with Crippen molar-refractivity contribution in [2.24, 2.45) is 5.92 Å². The van der Waals surface area contributed by atoms with Crippen molar-refractivity contribution in [1.29, 1.82) is 0 Å². The normalized spacial score (nSPS) is 12.9. The number of sulfonamides is 1. The average Bonchev–Trinajstić information content (AvgIpc) is 2.65. The van der Waals surface area contributed by atoms with Crippen molar-refractivity contribution < 1.29 is 8.42 Å². The molecule has 0 unspecified atom stereocenters. The standard InChI is InChI=1S/C20H24ClN5O3S/c1-12(2)11-26(30(4,28)29)18-7-8-22-20(25-18)23-13(3)16-10-14-9-15(21)5-6-17(14)24-19(16)27/h5-10,12-13H,11H2,1-4H3,(H,24,27)(H,22,23,25)/t13-/m0/s1. The Morgan fingerprint density at radius 2 is 1.93 bits per heavy atom. The van der Waals surface area contributed by atoms with E-state index in [4.69, 9.17) is 11.6 Å². The summed E-state index contributed by atoms with van der Waals surface area (Å²) in [5.41, 5.74) is 0.940. The lowest BCUT2D eigenvalue weighted by molar-refractivity contribution is 0.582. The molecule has 10 heteroatoms. The fraction of sp³-hybridized carbons (Fsp3) is 0.350. The molecular formula is C20H24ClN5O3S. The van der Waals surface area contributed by atoms with Gasteiger partial charge >= 0.3 is 0 Å². The smallest absolute Gasteiger partial charge is 0.253 e. The molecule has 0 saturated heterocycles. The van der Waals surface area contributed by atoms with Crippen LogP contribution < -0.4 is 15.2 Å². The van der Waals surface area contributed by atoms with Crippen LogP contribution in [-0.2, 0) is 10.0 Å². The third kappa shape index (κ3) is 5.09. The van der Waals surface area contributed by atoms with Crippen molar-refractivity contribution in [2.45, 2.75) is 26.8 Å². The van der Waals surface area contributed by atoms with Crippen molar-refractivity contribution in [3.63, 3.8) is 0 Å². The zero-order valence-electron chi connectivity index (χ0n) is 17.2. The van der Waals surface area contributed by atoms with E-state index >= 15 is 0 Å². The predicted molar refractivity (Wildman–Crippen MR) is 121 cm³/mol. The first-order valence-corrected chi connectivity index (χ1v) is 11.7. The summed E-state index contributed by atoms with van der Waals surface area (Å²) in [4.78, 5) is 23.9. The number of fused-ring (bicyclic) bond motifs is 1. The van der Waals surface area contributed by atoms with Crippen LogP contribution in [0, 0.1) is 5.92 Å². The highest BCUT2D eigenvalue weighted by Crippen LogP contribution is 2.22. The molecule has 1 atom stereocenters. The van der Waals surface area contributed by atoms with Crippen LogP contribution in [-0.4, -0.2) is 36.2 Å². The Labute approximate surface area is 180 Å².